The lowest BCUT2D eigenvalue weighted by Gasteiger charge is -2.41. The molecule has 1 aromatic carbocycles. The molecule has 6 heteroatoms. The van der Waals surface area contributed by atoms with Crippen molar-refractivity contribution >= 4 is 5.78 Å². The van der Waals surface area contributed by atoms with Crippen molar-refractivity contribution in [3.63, 3.8) is 0 Å². The van der Waals surface area contributed by atoms with E-state index in [1.165, 1.54) is 11.0 Å². The second kappa shape index (κ2) is 4.53. The van der Waals surface area contributed by atoms with E-state index in [0.29, 0.717) is 5.56 Å². The number of hydrogen-bond donors (Lipinski definition) is 2. The minimum atomic E-state index is -3.04. The first-order chi connectivity index (χ1) is 9.85. The number of aliphatic hydroxyl groups excluding tert-OH is 1. The summed E-state index contributed by atoms with van der Waals surface area (Å²) in [5, 5.41) is 9.64. The maximum absolute atomic E-state index is 14.3. The lowest BCUT2D eigenvalue weighted by atomic mass is 9.89. The minimum absolute atomic E-state index is 0.00950. The average Bonchev–Trinajstić information content (AvgIpc) is 2.45. The van der Waals surface area contributed by atoms with Crippen LogP contribution in [0.2, 0.25) is 0 Å². The van der Waals surface area contributed by atoms with Crippen molar-refractivity contribution in [2.45, 2.75) is 31.9 Å². The molecule has 4 nitrogen and oxygen atoms in total. The highest BCUT2D eigenvalue weighted by molar-refractivity contribution is 6.07. The van der Waals surface area contributed by atoms with Crippen molar-refractivity contribution in [1.82, 2.24) is 4.90 Å². The number of halogens is 2. The van der Waals surface area contributed by atoms with E-state index < -0.39 is 24.4 Å². The van der Waals surface area contributed by atoms with Crippen LogP contribution in [-0.4, -0.2) is 28.4 Å². The maximum Gasteiger partial charge on any atom is 0.290 e. The number of carbonyl (C=O) groups is 1. The molecule has 1 atom stereocenters. The topological polar surface area (TPSA) is 66.6 Å². The summed E-state index contributed by atoms with van der Waals surface area (Å²) in [4.78, 5) is 12.6. The number of nitrogens with two attached hydrogens (primary N) is 1. The molecule has 3 rings (SSSR count). The van der Waals surface area contributed by atoms with Crippen LogP contribution in [0.4, 0.5) is 8.78 Å². The minimum Gasteiger partial charge on any atom is -0.394 e. The van der Waals surface area contributed by atoms with Gasteiger partial charge in [-0.25, -0.2) is 0 Å². The van der Waals surface area contributed by atoms with E-state index in [2.05, 4.69) is 0 Å². The van der Waals surface area contributed by atoms with Gasteiger partial charge in [0, 0.05) is 12.1 Å². The van der Waals surface area contributed by atoms with Crippen LogP contribution in [0.1, 0.15) is 23.6 Å². The predicted molar refractivity (Wildman–Crippen MR) is 72.4 cm³/mol. The SMILES string of the molecule is CCc1ccc2c(c1)CN(C1=C(N)C(=O)C1O)CC2(F)F. The molecule has 0 fully saturated rings. The quantitative estimate of drug-likeness (QED) is 0.862. The van der Waals surface area contributed by atoms with E-state index in [1.807, 2.05) is 6.92 Å². The third-order valence-corrected chi connectivity index (χ3v) is 4.11. The molecule has 0 radical (unpaired) electrons. The van der Waals surface area contributed by atoms with E-state index in [-0.39, 0.29) is 23.5 Å². The molecule has 1 unspecified atom stereocenters. The summed E-state index contributed by atoms with van der Waals surface area (Å²) in [6.07, 6.45) is -0.623. The smallest absolute Gasteiger partial charge is 0.290 e. The first-order valence-corrected chi connectivity index (χ1v) is 6.82. The van der Waals surface area contributed by atoms with Gasteiger partial charge in [-0.15, -0.1) is 0 Å². The molecule has 0 bridgehead atoms. The number of ketones is 1. The number of rotatable bonds is 2. The van der Waals surface area contributed by atoms with Gasteiger partial charge in [0.25, 0.3) is 5.92 Å². The Morgan fingerprint density at radius 2 is 2.19 bits per heavy atom. The van der Waals surface area contributed by atoms with Crippen molar-refractivity contribution in [2.75, 3.05) is 6.54 Å². The second-order valence-corrected chi connectivity index (χ2v) is 5.47. The number of carbonyl (C=O) groups excluding carboxylic acids is 1. The largest absolute Gasteiger partial charge is 0.394 e. The molecule has 3 N–H and O–H groups in total. The van der Waals surface area contributed by atoms with Gasteiger partial charge in [-0.05, 0) is 17.5 Å². The lowest BCUT2D eigenvalue weighted by Crippen LogP contribution is -2.51. The summed E-state index contributed by atoms with van der Waals surface area (Å²) in [6.45, 7) is 1.60. The lowest BCUT2D eigenvalue weighted by molar-refractivity contribution is -0.127. The van der Waals surface area contributed by atoms with Gasteiger partial charge in [-0.3, -0.25) is 4.79 Å². The molecular formula is C15H16F2N2O2. The van der Waals surface area contributed by atoms with Crippen molar-refractivity contribution in [3.05, 3.63) is 46.3 Å². The molecule has 112 valence electrons. The van der Waals surface area contributed by atoms with Gasteiger partial charge in [-0.1, -0.05) is 25.1 Å². The number of benzene rings is 1. The maximum atomic E-state index is 14.3. The van der Waals surface area contributed by atoms with Gasteiger partial charge in [0.05, 0.1) is 12.2 Å². The summed E-state index contributed by atoms with van der Waals surface area (Å²) >= 11 is 0. The highest BCUT2D eigenvalue weighted by Gasteiger charge is 2.46. The molecule has 0 saturated carbocycles. The monoisotopic (exact) mass is 294 g/mol. The summed E-state index contributed by atoms with van der Waals surface area (Å²) in [5.74, 6) is -3.63. The molecule has 1 aliphatic carbocycles. The fourth-order valence-corrected chi connectivity index (χ4v) is 2.92. The normalized spacial score (nSPS) is 23.9. The van der Waals surface area contributed by atoms with Crippen molar-refractivity contribution in [3.8, 4) is 0 Å². The van der Waals surface area contributed by atoms with Crippen LogP contribution < -0.4 is 5.73 Å². The standard InChI is InChI=1S/C15H16F2N2O2/c1-2-8-3-4-10-9(5-8)6-19(7-15(10,16)17)12-11(18)13(20)14(12)21/h3-5,14,21H,2,6-7,18H2,1H3. The average molecular weight is 294 g/mol. The zero-order valence-corrected chi connectivity index (χ0v) is 11.6. The molecule has 0 spiro atoms. The number of hydrogen-bond acceptors (Lipinski definition) is 4. The summed E-state index contributed by atoms with van der Waals surface area (Å²) < 4.78 is 28.6. The molecular weight excluding hydrogens is 278 g/mol. The molecule has 0 amide bonds. The molecule has 0 aromatic heterocycles. The fourth-order valence-electron chi connectivity index (χ4n) is 2.92. The summed E-state index contributed by atoms with van der Waals surface area (Å²) in [5.41, 5.74) is 7.03. The van der Waals surface area contributed by atoms with E-state index in [9.17, 15) is 18.7 Å². The predicted octanol–water partition coefficient (Wildman–Crippen LogP) is 1.27. The first-order valence-electron chi connectivity index (χ1n) is 6.82. The molecule has 1 heterocycles. The van der Waals surface area contributed by atoms with Crippen LogP contribution in [-0.2, 0) is 23.7 Å². The van der Waals surface area contributed by atoms with Gasteiger partial charge < -0.3 is 15.7 Å². The van der Waals surface area contributed by atoms with Crippen LogP contribution >= 0.6 is 0 Å². The van der Waals surface area contributed by atoms with Gasteiger partial charge in [-0.2, -0.15) is 8.78 Å². The zero-order valence-electron chi connectivity index (χ0n) is 11.6. The number of alkyl halides is 2. The zero-order chi connectivity index (χ0) is 15.4. The number of nitrogens with zero attached hydrogens (tertiary/aromatic N) is 1. The number of aryl methyl sites for hydroxylation is 1. The Morgan fingerprint density at radius 3 is 2.81 bits per heavy atom. The first kappa shape index (κ1) is 14.0. The van der Waals surface area contributed by atoms with E-state index in [4.69, 9.17) is 5.73 Å². The van der Waals surface area contributed by atoms with Gasteiger partial charge in [0.1, 0.15) is 5.70 Å². The van der Waals surface area contributed by atoms with E-state index >= 15 is 0 Å². The van der Waals surface area contributed by atoms with Crippen LogP contribution in [0.3, 0.4) is 0 Å². The Morgan fingerprint density at radius 1 is 1.48 bits per heavy atom. The van der Waals surface area contributed by atoms with Crippen molar-refractivity contribution < 1.29 is 18.7 Å². The Balaban J connectivity index is 2.01. The molecule has 1 aliphatic heterocycles. The fraction of sp³-hybridized carbons (Fsp3) is 0.400. The highest BCUT2D eigenvalue weighted by Crippen LogP contribution is 2.40. The van der Waals surface area contributed by atoms with Gasteiger partial charge in [0.2, 0.25) is 5.78 Å². The Hall–Kier alpha value is -1.95. The van der Waals surface area contributed by atoms with Crippen LogP contribution in [0.5, 0.6) is 0 Å². The molecule has 1 aromatic rings. The van der Waals surface area contributed by atoms with Gasteiger partial charge in [0.15, 0.2) is 6.10 Å². The molecule has 21 heavy (non-hydrogen) atoms. The van der Waals surface area contributed by atoms with Crippen LogP contribution in [0.15, 0.2) is 29.6 Å². The number of aliphatic hydroxyl groups is 1. The number of Topliss-reactive ketones (excluding diaryl/α,β-unsaturated/α-hetero) is 1. The van der Waals surface area contributed by atoms with Crippen molar-refractivity contribution in [2.24, 2.45) is 5.73 Å². The van der Waals surface area contributed by atoms with Crippen molar-refractivity contribution in [1.29, 1.82) is 0 Å². The third-order valence-electron chi connectivity index (χ3n) is 4.11. The highest BCUT2D eigenvalue weighted by atomic mass is 19.3. The van der Waals surface area contributed by atoms with Crippen LogP contribution in [0.25, 0.3) is 0 Å². The molecule has 2 aliphatic rings. The van der Waals surface area contributed by atoms with E-state index in [1.54, 1.807) is 12.1 Å². The third kappa shape index (κ3) is 2.01. The Kier molecular flexibility index (Phi) is 3.02. The van der Waals surface area contributed by atoms with E-state index in [0.717, 1.165) is 12.0 Å². The second-order valence-electron chi connectivity index (χ2n) is 5.47. The van der Waals surface area contributed by atoms with Crippen LogP contribution in [0, 0.1) is 0 Å². The van der Waals surface area contributed by atoms with Gasteiger partial charge >= 0.3 is 0 Å². The molecule has 0 saturated heterocycles. The number of fused-ring (bicyclic) bond motifs is 1. The Labute approximate surface area is 120 Å². The summed E-state index contributed by atoms with van der Waals surface area (Å²) in [7, 11) is 0. The Bertz CT molecular complexity index is 655. The summed E-state index contributed by atoms with van der Waals surface area (Å²) in [6, 6.07) is 4.92.